The number of likely N-dealkylation sites (N-methyl/N-ethyl adjacent to an activating group) is 1. The number of anilines is 2. The van der Waals surface area contributed by atoms with Gasteiger partial charge in [-0.25, -0.2) is 13.1 Å². The number of nitrogens with zero attached hydrogens (tertiary/aromatic N) is 2. The highest BCUT2D eigenvalue weighted by Gasteiger charge is 2.17. The third kappa shape index (κ3) is 5.69. The lowest BCUT2D eigenvalue weighted by Gasteiger charge is -2.35. The molecule has 1 aliphatic heterocycles. The molecule has 0 unspecified atom stereocenters. The number of amides is 1. The number of sulfonamides is 1. The van der Waals surface area contributed by atoms with E-state index >= 15 is 0 Å². The molecule has 160 valence electrons. The molecule has 0 atom stereocenters. The minimum atomic E-state index is -3.48. The first-order valence-corrected chi connectivity index (χ1v) is 11.5. The smallest absolute Gasteiger partial charge is 0.248 e. The van der Waals surface area contributed by atoms with Crippen LogP contribution in [0.1, 0.15) is 12.5 Å². The summed E-state index contributed by atoms with van der Waals surface area (Å²) in [6.07, 6.45) is 3.12. The minimum absolute atomic E-state index is 0.201. The molecule has 0 aliphatic carbocycles. The van der Waals surface area contributed by atoms with Gasteiger partial charge in [-0.1, -0.05) is 31.2 Å². The van der Waals surface area contributed by atoms with Crippen LogP contribution in [0.25, 0.3) is 6.08 Å². The summed E-state index contributed by atoms with van der Waals surface area (Å²) >= 11 is 0. The predicted octanol–water partition coefficient (Wildman–Crippen LogP) is 2.39. The van der Waals surface area contributed by atoms with Crippen molar-refractivity contribution in [1.29, 1.82) is 0 Å². The Hall–Kier alpha value is -2.68. The normalized spacial score (nSPS) is 15.5. The summed E-state index contributed by atoms with van der Waals surface area (Å²) in [6, 6.07) is 14.2. The van der Waals surface area contributed by atoms with Gasteiger partial charge in [-0.3, -0.25) is 4.79 Å². The first-order valence-electron chi connectivity index (χ1n) is 10.0. The van der Waals surface area contributed by atoms with Gasteiger partial charge in [-0.15, -0.1) is 0 Å². The molecule has 0 aromatic heterocycles. The SMILES string of the molecule is CCNS(=O)(=O)c1ccc(/C=C/C(=O)Nc2ccccc2N2CCN(C)CC2)cc1. The zero-order chi connectivity index (χ0) is 21.6. The van der Waals surface area contributed by atoms with E-state index in [9.17, 15) is 13.2 Å². The number of rotatable bonds is 7. The van der Waals surface area contributed by atoms with E-state index in [4.69, 9.17) is 0 Å². The Morgan fingerprint density at radius 3 is 2.37 bits per heavy atom. The van der Waals surface area contributed by atoms with Crippen molar-refractivity contribution in [2.24, 2.45) is 0 Å². The van der Waals surface area contributed by atoms with Gasteiger partial charge < -0.3 is 15.1 Å². The minimum Gasteiger partial charge on any atom is -0.367 e. The van der Waals surface area contributed by atoms with Gasteiger partial charge >= 0.3 is 0 Å². The second-order valence-corrected chi connectivity index (χ2v) is 8.97. The molecule has 1 heterocycles. The highest BCUT2D eigenvalue weighted by molar-refractivity contribution is 7.89. The van der Waals surface area contributed by atoms with Gasteiger partial charge in [0.15, 0.2) is 0 Å². The molecule has 7 nitrogen and oxygen atoms in total. The highest BCUT2D eigenvalue weighted by atomic mass is 32.2. The maximum absolute atomic E-state index is 12.5. The van der Waals surface area contributed by atoms with Crippen molar-refractivity contribution in [2.45, 2.75) is 11.8 Å². The summed E-state index contributed by atoms with van der Waals surface area (Å²) in [5.41, 5.74) is 2.54. The molecule has 0 bridgehead atoms. The highest BCUT2D eigenvalue weighted by Crippen LogP contribution is 2.26. The Kier molecular flexibility index (Phi) is 7.25. The molecule has 1 aliphatic rings. The Morgan fingerprint density at radius 2 is 1.70 bits per heavy atom. The van der Waals surface area contributed by atoms with Crippen molar-refractivity contribution in [1.82, 2.24) is 9.62 Å². The quantitative estimate of drug-likeness (QED) is 0.662. The number of carbonyl (C=O) groups is 1. The summed E-state index contributed by atoms with van der Waals surface area (Å²) < 4.78 is 26.4. The van der Waals surface area contributed by atoms with Crippen LogP contribution in [-0.4, -0.2) is 59.0 Å². The van der Waals surface area contributed by atoms with E-state index in [0.717, 1.165) is 43.1 Å². The zero-order valence-corrected chi connectivity index (χ0v) is 18.2. The maximum Gasteiger partial charge on any atom is 0.248 e. The van der Waals surface area contributed by atoms with Crippen molar-refractivity contribution < 1.29 is 13.2 Å². The molecule has 0 radical (unpaired) electrons. The summed E-state index contributed by atoms with van der Waals surface area (Å²) in [6.45, 7) is 5.88. The Bertz CT molecular complexity index is 995. The number of hydrogen-bond donors (Lipinski definition) is 2. The standard InChI is InChI=1S/C22H28N4O3S/c1-3-23-30(28,29)19-11-8-18(9-12-19)10-13-22(27)24-20-6-4-5-7-21(20)26-16-14-25(2)15-17-26/h4-13,23H,3,14-17H2,1-2H3,(H,24,27)/b13-10+. The Labute approximate surface area is 178 Å². The van der Waals surface area contributed by atoms with Crippen LogP contribution >= 0.6 is 0 Å². The van der Waals surface area contributed by atoms with Crippen LogP contribution in [0.4, 0.5) is 11.4 Å². The average Bonchev–Trinajstić information content (AvgIpc) is 2.74. The summed E-state index contributed by atoms with van der Waals surface area (Å²) in [5.74, 6) is -0.235. The number of nitrogens with one attached hydrogen (secondary N) is 2. The fraction of sp³-hybridized carbons (Fsp3) is 0.318. The second-order valence-electron chi connectivity index (χ2n) is 7.20. The van der Waals surface area contributed by atoms with Crippen LogP contribution in [0.3, 0.4) is 0 Å². The van der Waals surface area contributed by atoms with E-state index in [-0.39, 0.29) is 10.8 Å². The van der Waals surface area contributed by atoms with E-state index in [1.54, 1.807) is 25.1 Å². The van der Waals surface area contributed by atoms with Crippen LogP contribution < -0.4 is 14.9 Å². The van der Waals surface area contributed by atoms with Crippen LogP contribution in [0, 0.1) is 0 Å². The Morgan fingerprint density at radius 1 is 1.03 bits per heavy atom. The van der Waals surface area contributed by atoms with E-state index in [1.807, 2.05) is 24.3 Å². The third-order valence-electron chi connectivity index (χ3n) is 4.96. The molecule has 8 heteroatoms. The molecule has 2 aromatic carbocycles. The molecule has 1 amide bonds. The molecule has 3 rings (SSSR count). The van der Waals surface area contributed by atoms with Gasteiger partial charge in [0.05, 0.1) is 16.3 Å². The van der Waals surface area contributed by atoms with Crippen molar-refractivity contribution in [3.8, 4) is 0 Å². The van der Waals surface area contributed by atoms with Crippen LogP contribution in [0.15, 0.2) is 59.5 Å². The summed E-state index contributed by atoms with van der Waals surface area (Å²) in [7, 11) is -1.37. The first-order chi connectivity index (χ1) is 14.4. The van der Waals surface area contributed by atoms with Crippen molar-refractivity contribution in [3.05, 3.63) is 60.2 Å². The zero-order valence-electron chi connectivity index (χ0n) is 17.3. The topological polar surface area (TPSA) is 81.7 Å². The van der Waals surface area contributed by atoms with Gasteiger partial charge in [0.2, 0.25) is 15.9 Å². The lowest BCUT2D eigenvalue weighted by Crippen LogP contribution is -2.44. The van der Waals surface area contributed by atoms with E-state index in [2.05, 4.69) is 26.9 Å². The third-order valence-corrected chi connectivity index (χ3v) is 6.52. The van der Waals surface area contributed by atoms with Crippen molar-refractivity contribution in [3.63, 3.8) is 0 Å². The molecule has 1 saturated heterocycles. The van der Waals surface area contributed by atoms with Crippen LogP contribution in [0.2, 0.25) is 0 Å². The van der Waals surface area contributed by atoms with Gasteiger partial charge in [-0.2, -0.15) is 0 Å². The van der Waals surface area contributed by atoms with E-state index in [1.165, 1.54) is 18.2 Å². The molecule has 0 saturated carbocycles. The number of para-hydroxylation sites is 2. The molecule has 0 spiro atoms. The Balaban J connectivity index is 1.65. The largest absolute Gasteiger partial charge is 0.367 e. The van der Waals surface area contributed by atoms with Gasteiger partial charge in [0.25, 0.3) is 0 Å². The molecule has 30 heavy (non-hydrogen) atoms. The van der Waals surface area contributed by atoms with Gasteiger partial charge in [0, 0.05) is 38.8 Å². The van der Waals surface area contributed by atoms with E-state index in [0.29, 0.717) is 6.54 Å². The van der Waals surface area contributed by atoms with Crippen molar-refractivity contribution in [2.75, 3.05) is 50.0 Å². The molecular formula is C22H28N4O3S. The molecule has 2 N–H and O–H groups in total. The predicted molar refractivity (Wildman–Crippen MR) is 121 cm³/mol. The molecular weight excluding hydrogens is 400 g/mol. The monoisotopic (exact) mass is 428 g/mol. The van der Waals surface area contributed by atoms with Crippen LogP contribution in [0.5, 0.6) is 0 Å². The second kappa shape index (κ2) is 9.88. The number of hydrogen-bond acceptors (Lipinski definition) is 5. The first kappa shape index (κ1) is 22.0. The van der Waals surface area contributed by atoms with Gasteiger partial charge in [-0.05, 0) is 43.0 Å². The fourth-order valence-electron chi connectivity index (χ4n) is 3.28. The number of carbonyl (C=O) groups excluding carboxylic acids is 1. The fourth-order valence-corrected chi connectivity index (χ4v) is 4.32. The number of piperazine rings is 1. The summed E-state index contributed by atoms with van der Waals surface area (Å²) in [5, 5.41) is 2.95. The molecule has 2 aromatic rings. The lowest BCUT2D eigenvalue weighted by molar-refractivity contribution is -0.111. The summed E-state index contributed by atoms with van der Waals surface area (Å²) in [4.78, 5) is 17.2. The lowest BCUT2D eigenvalue weighted by atomic mass is 10.2. The maximum atomic E-state index is 12.5. The van der Waals surface area contributed by atoms with Crippen molar-refractivity contribution >= 4 is 33.4 Å². The number of benzene rings is 2. The molecule has 1 fully saturated rings. The van der Waals surface area contributed by atoms with E-state index < -0.39 is 10.0 Å². The van der Waals surface area contributed by atoms with Gasteiger partial charge in [0.1, 0.15) is 0 Å². The van der Waals surface area contributed by atoms with Crippen LogP contribution in [-0.2, 0) is 14.8 Å². The average molecular weight is 429 g/mol.